The van der Waals surface area contributed by atoms with Crippen LogP contribution in [0, 0.1) is 0 Å². The van der Waals surface area contributed by atoms with Crippen molar-refractivity contribution < 1.29 is 9.53 Å². The number of esters is 1. The highest BCUT2D eigenvalue weighted by Crippen LogP contribution is 2.20. The van der Waals surface area contributed by atoms with Crippen LogP contribution < -0.4 is 5.73 Å². The van der Waals surface area contributed by atoms with Crippen LogP contribution in [-0.4, -0.2) is 12.6 Å². The maximum Gasteiger partial charge on any atom is 0.327 e. The van der Waals surface area contributed by atoms with Crippen LogP contribution >= 0.6 is 0 Å². The molecule has 0 radical (unpaired) electrons. The summed E-state index contributed by atoms with van der Waals surface area (Å²) in [5, 5.41) is 2.21. The number of carbonyl (C=O) groups is 1. The first-order chi connectivity index (χ1) is 8.72. The Morgan fingerprint density at radius 2 is 1.94 bits per heavy atom. The topological polar surface area (TPSA) is 52.3 Å². The maximum absolute atomic E-state index is 11.7. The Morgan fingerprint density at radius 3 is 2.67 bits per heavy atom. The molecule has 0 saturated heterocycles. The van der Waals surface area contributed by atoms with Crippen LogP contribution in [0.1, 0.15) is 24.9 Å². The van der Waals surface area contributed by atoms with Crippen molar-refractivity contribution in [2.75, 3.05) is 6.61 Å². The molecule has 2 aromatic carbocycles. The smallest absolute Gasteiger partial charge is 0.327 e. The quantitative estimate of drug-likeness (QED) is 0.840. The molecular weight excluding hydrogens is 226 g/mol. The number of hydrogen-bond acceptors (Lipinski definition) is 3. The van der Waals surface area contributed by atoms with Crippen LogP contribution in [-0.2, 0) is 9.53 Å². The normalized spacial score (nSPS) is 12.3. The van der Waals surface area contributed by atoms with Crippen molar-refractivity contribution in [2.45, 2.75) is 19.4 Å². The lowest BCUT2D eigenvalue weighted by Gasteiger charge is -2.12. The van der Waals surface area contributed by atoms with Gasteiger partial charge in [-0.1, -0.05) is 43.3 Å². The first-order valence-electron chi connectivity index (χ1n) is 6.13. The summed E-state index contributed by atoms with van der Waals surface area (Å²) >= 11 is 0. The van der Waals surface area contributed by atoms with E-state index in [9.17, 15) is 4.79 Å². The number of fused-ring (bicyclic) bond motifs is 1. The largest absolute Gasteiger partial charge is 0.464 e. The molecule has 0 heterocycles. The van der Waals surface area contributed by atoms with Crippen molar-refractivity contribution in [2.24, 2.45) is 5.73 Å². The van der Waals surface area contributed by atoms with Crippen LogP contribution in [0.3, 0.4) is 0 Å². The van der Waals surface area contributed by atoms with E-state index in [1.807, 2.05) is 49.4 Å². The second-order valence-corrected chi connectivity index (χ2v) is 4.25. The molecule has 0 bridgehead atoms. The van der Waals surface area contributed by atoms with Gasteiger partial charge in [0.05, 0.1) is 6.61 Å². The van der Waals surface area contributed by atoms with E-state index >= 15 is 0 Å². The number of nitrogens with two attached hydrogens (primary N) is 1. The zero-order chi connectivity index (χ0) is 13.0. The number of hydrogen-bond donors (Lipinski definition) is 1. The van der Waals surface area contributed by atoms with Gasteiger partial charge in [-0.25, -0.2) is 4.79 Å². The summed E-state index contributed by atoms with van der Waals surface area (Å²) < 4.78 is 5.06. The fraction of sp³-hybridized carbons (Fsp3) is 0.267. The van der Waals surface area contributed by atoms with Gasteiger partial charge in [0, 0.05) is 0 Å². The molecule has 1 atom stereocenters. The first kappa shape index (κ1) is 12.6. The van der Waals surface area contributed by atoms with Gasteiger partial charge >= 0.3 is 5.97 Å². The van der Waals surface area contributed by atoms with E-state index in [0.717, 1.165) is 22.8 Å². The SMILES string of the molecule is CCCOC(=O)C(N)c1ccc2ccccc2c1. The first-order valence-corrected chi connectivity index (χ1v) is 6.13. The fourth-order valence-electron chi connectivity index (χ4n) is 1.83. The molecule has 0 spiro atoms. The van der Waals surface area contributed by atoms with E-state index in [2.05, 4.69) is 0 Å². The summed E-state index contributed by atoms with van der Waals surface area (Å²) in [4.78, 5) is 11.7. The van der Waals surface area contributed by atoms with Gasteiger partial charge in [0.2, 0.25) is 0 Å². The van der Waals surface area contributed by atoms with Crippen molar-refractivity contribution in [1.82, 2.24) is 0 Å². The van der Waals surface area contributed by atoms with Crippen LogP contribution in [0.15, 0.2) is 42.5 Å². The number of carbonyl (C=O) groups excluding carboxylic acids is 1. The summed E-state index contributed by atoms with van der Waals surface area (Å²) in [7, 11) is 0. The molecule has 2 aromatic rings. The zero-order valence-corrected chi connectivity index (χ0v) is 10.4. The highest BCUT2D eigenvalue weighted by atomic mass is 16.5. The Morgan fingerprint density at radius 1 is 1.22 bits per heavy atom. The molecule has 0 aliphatic heterocycles. The minimum atomic E-state index is -0.707. The van der Waals surface area contributed by atoms with Gasteiger partial charge in [-0.3, -0.25) is 0 Å². The molecule has 0 saturated carbocycles. The fourth-order valence-corrected chi connectivity index (χ4v) is 1.83. The third-order valence-corrected chi connectivity index (χ3v) is 2.84. The molecule has 0 fully saturated rings. The molecule has 0 aromatic heterocycles. The second-order valence-electron chi connectivity index (χ2n) is 4.25. The van der Waals surface area contributed by atoms with E-state index < -0.39 is 6.04 Å². The van der Waals surface area contributed by atoms with Gasteiger partial charge in [0.1, 0.15) is 6.04 Å². The molecular formula is C15H17NO2. The lowest BCUT2D eigenvalue weighted by molar-refractivity contribution is -0.145. The third-order valence-electron chi connectivity index (χ3n) is 2.84. The Labute approximate surface area is 107 Å². The Bertz CT molecular complexity index is 551. The standard InChI is InChI=1S/C15H17NO2/c1-2-9-18-15(17)14(16)13-8-7-11-5-3-4-6-12(11)10-13/h3-8,10,14H,2,9,16H2,1H3. The average Bonchev–Trinajstić information content (AvgIpc) is 2.43. The minimum Gasteiger partial charge on any atom is -0.464 e. The van der Waals surface area contributed by atoms with Crippen LogP contribution in [0.2, 0.25) is 0 Å². The predicted molar refractivity (Wildman–Crippen MR) is 72.1 cm³/mol. The lowest BCUT2D eigenvalue weighted by atomic mass is 10.0. The summed E-state index contributed by atoms with van der Waals surface area (Å²) in [5.41, 5.74) is 6.68. The highest BCUT2D eigenvalue weighted by molar-refractivity contribution is 5.85. The minimum absolute atomic E-state index is 0.368. The lowest BCUT2D eigenvalue weighted by Crippen LogP contribution is -2.23. The van der Waals surface area contributed by atoms with E-state index in [1.165, 1.54) is 0 Å². The molecule has 0 aliphatic carbocycles. The van der Waals surface area contributed by atoms with Crippen LogP contribution in [0.5, 0.6) is 0 Å². The van der Waals surface area contributed by atoms with Crippen molar-refractivity contribution in [3.63, 3.8) is 0 Å². The molecule has 94 valence electrons. The van der Waals surface area contributed by atoms with Gasteiger partial charge in [-0.15, -0.1) is 0 Å². The van der Waals surface area contributed by atoms with E-state index in [-0.39, 0.29) is 5.97 Å². The molecule has 0 aliphatic rings. The summed E-state index contributed by atoms with van der Waals surface area (Å²) in [6, 6.07) is 13.1. The van der Waals surface area contributed by atoms with Crippen LogP contribution in [0.25, 0.3) is 10.8 Å². The molecule has 0 amide bonds. The molecule has 18 heavy (non-hydrogen) atoms. The summed E-state index contributed by atoms with van der Waals surface area (Å²) in [6.07, 6.45) is 0.802. The van der Waals surface area contributed by atoms with Gasteiger partial charge in [0.15, 0.2) is 0 Å². The number of rotatable bonds is 4. The van der Waals surface area contributed by atoms with Gasteiger partial charge < -0.3 is 10.5 Å². The van der Waals surface area contributed by atoms with Gasteiger partial charge in [-0.2, -0.15) is 0 Å². The molecule has 3 nitrogen and oxygen atoms in total. The predicted octanol–water partition coefficient (Wildman–Crippen LogP) is 2.79. The average molecular weight is 243 g/mol. The van der Waals surface area contributed by atoms with Gasteiger partial charge in [-0.05, 0) is 28.8 Å². The zero-order valence-electron chi connectivity index (χ0n) is 10.4. The van der Waals surface area contributed by atoms with E-state index in [4.69, 9.17) is 10.5 Å². The Hall–Kier alpha value is -1.87. The number of benzene rings is 2. The summed E-state index contributed by atoms with van der Waals surface area (Å²) in [5.74, 6) is -0.368. The second kappa shape index (κ2) is 5.65. The molecule has 1 unspecified atom stereocenters. The third kappa shape index (κ3) is 2.68. The van der Waals surface area contributed by atoms with Crippen molar-refractivity contribution >= 4 is 16.7 Å². The molecule has 3 heteroatoms. The van der Waals surface area contributed by atoms with E-state index in [1.54, 1.807) is 0 Å². The van der Waals surface area contributed by atoms with Gasteiger partial charge in [0.25, 0.3) is 0 Å². The van der Waals surface area contributed by atoms with E-state index in [0.29, 0.717) is 6.61 Å². The Balaban J connectivity index is 2.22. The Kier molecular flexibility index (Phi) is 3.95. The van der Waals surface area contributed by atoms with Crippen molar-refractivity contribution in [3.8, 4) is 0 Å². The molecule has 2 rings (SSSR count). The monoisotopic (exact) mass is 243 g/mol. The molecule has 2 N–H and O–H groups in total. The van der Waals surface area contributed by atoms with Crippen molar-refractivity contribution in [3.05, 3.63) is 48.0 Å². The number of ether oxygens (including phenoxy) is 1. The van der Waals surface area contributed by atoms with Crippen LogP contribution in [0.4, 0.5) is 0 Å². The maximum atomic E-state index is 11.7. The highest BCUT2D eigenvalue weighted by Gasteiger charge is 2.17. The van der Waals surface area contributed by atoms with Crippen molar-refractivity contribution in [1.29, 1.82) is 0 Å². The summed E-state index contributed by atoms with van der Waals surface area (Å²) in [6.45, 7) is 2.37.